The van der Waals surface area contributed by atoms with E-state index < -0.39 is 0 Å². The van der Waals surface area contributed by atoms with Gasteiger partial charge in [0.25, 0.3) is 0 Å². The molecule has 0 aromatic rings. The fraction of sp³-hybridized carbons (Fsp3) is 0.857. The van der Waals surface area contributed by atoms with E-state index in [2.05, 4.69) is 30.9 Å². The number of fused-ring (bicyclic) bond motifs is 1. The Hall–Kier alpha value is -0.640. The summed E-state index contributed by atoms with van der Waals surface area (Å²) in [6, 6.07) is 0. The van der Waals surface area contributed by atoms with Crippen LogP contribution in [-0.2, 0) is 0 Å². The molecule has 1 saturated carbocycles. The lowest BCUT2D eigenvalue weighted by molar-refractivity contribution is 0.139. The summed E-state index contributed by atoms with van der Waals surface area (Å²) in [7, 11) is 0. The zero-order valence-electron chi connectivity index (χ0n) is 20.4. The molecule has 31 heavy (non-hydrogen) atoms. The molecule has 0 amide bonds. The lowest BCUT2D eigenvalue weighted by Crippen LogP contribution is -2.30. The normalized spacial score (nSPS) is 31.2. The van der Waals surface area contributed by atoms with E-state index in [-0.39, 0.29) is 18.1 Å². The van der Waals surface area contributed by atoms with Crippen LogP contribution in [0.2, 0.25) is 0 Å². The molecule has 3 rings (SSSR count). The highest BCUT2D eigenvalue weighted by atomic mass is 16.3. The first-order valence-corrected chi connectivity index (χ1v) is 13.5. The number of hydrogen-bond acceptors (Lipinski definition) is 3. The minimum absolute atomic E-state index is 0.221. The molecule has 0 bridgehead atoms. The van der Waals surface area contributed by atoms with Crippen molar-refractivity contribution in [1.29, 1.82) is 0 Å². The van der Waals surface area contributed by atoms with Crippen molar-refractivity contribution < 1.29 is 10.2 Å². The summed E-state index contributed by atoms with van der Waals surface area (Å²) in [4.78, 5) is 2.65. The minimum Gasteiger partial charge on any atom is -0.392 e. The first kappa shape index (κ1) is 25.0. The number of aliphatic hydroxyl groups is 2. The second kappa shape index (κ2) is 13.2. The van der Waals surface area contributed by atoms with Crippen molar-refractivity contribution >= 4 is 0 Å². The third-order valence-electron chi connectivity index (χ3n) is 8.12. The molecule has 0 aromatic heterocycles. The molecular formula is C28H49NO2. The van der Waals surface area contributed by atoms with Gasteiger partial charge in [0.15, 0.2) is 0 Å². The van der Waals surface area contributed by atoms with E-state index in [0.29, 0.717) is 17.8 Å². The monoisotopic (exact) mass is 431 g/mol. The van der Waals surface area contributed by atoms with Gasteiger partial charge in [-0.1, -0.05) is 69.8 Å². The third kappa shape index (κ3) is 8.02. The van der Waals surface area contributed by atoms with E-state index in [9.17, 15) is 10.2 Å². The Kier molecular flexibility index (Phi) is 10.6. The molecule has 3 heteroatoms. The molecule has 178 valence electrons. The van der Waals surface area contributed by atoms with Gasteiger partial charge in [0.2, 0.25) is 0 Å². The number of likely N-dealkylation sites (tertiary alicyclic amines) is 1. The van der Waals surface area contributed by atoms with Gasteiger partial charge < -0.3 is 15.1 Å². The summed E-state index contributed by atoms with van der Waals surface area (Å²) in [5.74, 6) is 1.89. The van der Waals surface area contributed by atoms with Crippen LogP contribution in [0, 0.1) is 23.7 Å². The molecule has 0 unspecified atom stereocenters. The average Bonchev–Trinajstić information content (AvgIpc) is 3.27. The van der Waals surface area contributed by atoms with E-state index >= 15 is 0 Å². The van der Waals surface area contributed by atoms with Crippen LogP contribution in [0.15, 0.2) is 23.8 Å². The molecule has 2 aliphatic carbocycles. The van der Waals surface area contributed by atoms with Crippen LogP contribution in [0.3, 0.4) is 0 Å². The van der Waals surface area contributed by atoms with Crippen LogP contribution in [0.4, 0.5) is 0 Å². The van der Waals surface area contributed by atoms with Gasteiger partial charge in [0, 0.05) is 5.92 Å². The molecule has 0 aromatic carbocycles. The molecule has 6 atom stereocenters. The summed E-state index contributed by atoms with van der Waals surface area (Å²) in [5, 5.41) is 21.0. The first-order chi connectivity index (χ1) is 15.1. The van der Waals surface area contributed by atoms with E-state index in [1.165, 1.54) is 83.8 Å². The highest BCUT2D eigenvalue weighted by molar-refractivity contribution is 5.21. The van der Waals surface area contributed by atoms with Gasteiger partial charge in [-0.3, -0.25) is 0 Å². The van der Waals surface area contributed by atoms with Crippen molar-refractivity contribution in [3.63, 3.8) is 0 Å². The number of nitrogens with zero attached hydrogens (tertiary/aromatic N) is 1. The van der Waals surface area contributed by atoms with Gasteiger partial charge >= 0.3 is 0 Å². The Balaban J connectivity index is 1.35. The molecule has 2 fully saturated rings. The van der Waals surface area contributed by atoms with E-state index in [1.807, 2.05) is 6.08 Å². The summed E-state index contributed by atoms with van der Waals surface area (Å²) < 4.78 is 0. The minimum atomic E-state index is -0.369. The van der Waals surface area contributed by atoms with E-state index in [1.54, 1.807) is 5.57 Å². The summed E-state index contributed by atoms with van der Waals surface area (Å²) >= 11 is 0. The summed E-state index contributed by atoms with van der Waals surface area (Å²) in [6.07, 6.45) is 22.1. The Morgan fingerprint density at radius 2 is 1.94 bits per heavy atom. The summed E-state index contributed by atoms with van der Waals surface area (Å²) in [6.45, 7) is 8.40. The fourth-order valence-electron chi connectivity index (χ4n) is 6.26. The van der Waals surface area contributed by atoms with Crippen molar-refractivity contribution in [3.05, 3.63) is 23.8 Å². The van der Waals surface area contributed by atoms with Crippen LogP contribution in [0.25, 0.3) is 0 Å². The summed E-state index contributed by atoms with van der Waals surface area (Å²) in [5.41, 5.74) is 1.63. The van der Waals surface area contributed by atoms with Gasteiger partial charge in [0.1, 0.15) is 0 Å². The van der Waals surface area contributed by atoms with Gasteiger partial charge in [-0.25, -0.2) is 0 Å². The molecular weight excluding hydrogens is 382 g/mol. The van der Waals surface area contributed by atoms with Crippen molar-refractivity contribution in [2.24, 2.45) is 23.7 Å². The largest absolute Gasteiger partial charge is 0.392 e. The molecule has 1 aliphatic heterocycles. The number of hydrogen-bond donors (Lipinski definition) is 2. The first-order valence-electron chi connectivity index (χ1n) is 13.5. The maximum atomic E-state index is 10.6. The second-order valence-corrected chi connectivity index (χ2v) is 10.9. The van der Waals surface area contributed by atoms with E-state index in [4.69, 9.17) is 0 Å². The molecule has 3 nitrogen and oxygen atoms in total. The smallest absolute Gasteiger partial charge is 0.0723 e. The van der Waals surface area contributed by atoms with Crippen LogP contribution < -0.4 is 0 Å². The number of aliphatic hydroxyl groups excluding tert-OH is 2. The topological polar surface area (TPSA) is 43.7 Å². The van der Waals surface area contributed by atoms with E-state index in [0.717, 1.165) is 19.3 Å². The molecule has 3 aliphatic rings. The third-order valence-corrected chi connectivity index (χ3v) is 8.12. The number of allylic oxidation sites excluding steroid dienone is 2. The highest BCUT2D eigenvalue weighted by Crippen LogP contribution is 2.48. The van der Waals surface area contributed by atoms with Crippen LogP contribution >= 0.6 is 0 Å². The predicted molar refractivity (Wildman–Crippen MR) is 131 cm³/mol. The molecule has 0 radical (unpaired) electrons. The maximum Gasteiger partial charge on any atom is 0.0723 e. The van der Waals surface area contributed by atoms with Crippen molar-refractivity contribution in [2.75, 3.05) is 19.6 Å². The Bertz CT molecular complexity index is 565. The number of unbranched alkanes of at least 4 members (excludes halogenated alkanes) is 3. The highest BCUT2D eigenvalue weighted by Gasteiger charge is 2.43. The molecule has 0 spiro atoms. The van der Waals surface area contributed by atoms with Crippen LogP contribution in [0.5, 0.6) is 0 Å². The SMILES string of the molecule is CCCC[C@H](C)C[C@H](O)/C=C/[C@@H]1[C@H]2CC(CCCCCN3CCCCC3)=C[C@H]2C[C@H]1O. The Labute approximate surface area is 192 Å². The van der Waals surface area contributed by atoms with Gasteiger partial charge in [0.05, 0.1) is 12.2 Å². The lowest BCUT2D eigenvalue weighted by Gasteiger charge is -2.26. The van der Waals surface area contributed by atoms with Crippen LogP contribution in [-0.4, -0.2) is 47.0 Å². The van der Waals surface area contributed by atoms with Gasteiger partial charge in [-0.15, -0.1) is 0 Å². The van der Waals surface area contributed by atoms with Crippen LogP contribution in [0.1, 0.15) is 97.3 Å². The zero-order chi connectivity index (χ0) is 22.1. The van der Waals surface area contributed by atoms with Gasteiger partial charge in [-0.05, 0) is 88.8 Å². The maximum absolute atomic E-state index is 10.6. The lowest BCUT2D eigenvalue weighted by atomic mass is 9.88. The standard InChI is InChI=1S/C28H49NO2/c1-3-4-11-22(2)18-25(30)13-14-26-27-20-23(19-24(27)21-28(26)31)12-7-5-8-15-29-16-9-6-10-17-29/h13-14,19,22,24-28,30-31H,3-12,15-18,20-21H2,1-2H3/b14-13+/t22-,24-,25+,26+,27-,28+/m0/s1. The van der Waals surface area contributed by atoms with Crippen molar-refractivity contribution in [1.82, 2.24) is 4.90 Å². The molecule has 1 heterocycles. The van der Waals surface area contributed by atoms with Crippen molar-refractivity contribution in [2.45, 2.75) is 110 Å². The molecule has 2 N–H and O–H groups in total. The Morgan fingerprint density at radius 3 is 2.71 bits per heavy atom. The van der Waals surface area contributed by atoms with Gasteiger partial charge in [-0.2, -0.15) is 0 Å². The fourth-order valence-corrected chi connectivity index (χ4v) is 6.26. The predicted octanol–water partition coefficient (Wildman–Crippen LogP) is 6.11. The quantitative estimate of drug-likeness (QED) is 0.273. The van der Waals surface area contributed by atoms with Crippen molar-refractivity contribution in [3.8, 4) is 0 Å². The zero-order valence-corrected chi connectivity index (χ0v) is 20.4. The second-order valence-electron chi connectivity index (χ2n) is 10.9. The Morgan fingerprint density at radius 1 is 1.13 bits per heavy atom. The average molecular weight is 432 g/mol. The molecule has 1 saturated heterocycles. The number of piperidine rings is 1. The number of rotatable bonds is 13.